The number of carbonyl (C=O) groups excluding carboxylic acids is 1. The van der Waals surface area contributed by atoms with E-state index in [1.165, 1.54) is 30.5 Å². The molecule has 0 radical (unpaired) electrons. The van der Waals surface area contributed by atoms with Crippen LogP contribution >= 0.6 is 22.9 Å². The van der Waals surface area contributed by atoms with Gasteiger partial charge < -0.3 is 10.1 Å². The van der Waals surface area contributed by atoms with Crippen LogP contribution in [0.4, 0.5) is 29.7 Å². The quantitative estimate of drug-likeness (QED) is 0.120. The Morgan fingerprint density at radius 3 is 2.62 bits per heavy atom. The lowest BCUT2D eigenvalue weighted by Gasteiger charge is -2.09. The number of nitro groups is 1. The summed E-state index contributed by atoms with van der Waals surface area (Å²) < 4.78 is 44.4. The van der Waals surface area contributed by atoms with Crippen LogP contribution in [0.2, 0.25) is 5.02 Å². The maximum absolute atomic E-state index is 12.9. The number of anilines is 2. The minimum Gasteiger partial charge on any atom is -0.487 e. The van der Waals surface area contributed by atoms with Crippen LogP contribution in [-0.2, 0) is 24.0 Å². The average Bonchev–Trinajstić information content (AvgIpc) is 3.34. The molecule has 0 atom stereocenters. The number of nitrogens with zero attached hydrogens (tertiary/aromatic N) is 3. The van der Waals surface area contributed by atoms with Crippen molar-refractivity contribution in [3.8, 4) is 5.75 Å². The largest absolute Gasteiger partial charge is 0.487 e. The number of carbonyl (C=O) groups is 1. The van der Waals surface area contributed by atoms with Crippen LogP contribution in [0.3, 0.4) is 0 Å². The predicted molar refractivity (Wildman–Crippen MR) is 145 cm³/mol. The second-order valence-corrected chi connectivity index (χ2v) is 9.48. The molecule has 1 heterocycles. The molecule has 1 aromatic heterocycles. The van der Waals surface area contributed by atoms with Crippen LogP contribution in [0, 0.1) is 10.1 Å². The molecule has 0 aliphatic carbocycles. The highest BCUT2D eigenvalue weighted by Gasteiger charge is 2.30. The summed E-state index contributed by atoms with van der Waals surface area (Å²) in [5.74, 6) is -0.0411. The summed E-state index contributed by atoms with van der Waals surface area (Å²) in [7, 11) is 0. The van der Waals surface area contributed by atoms with Crippen molar-refractivity contribution < 1.29 is 27.6 Å². The number of aromatic nitrogens is 1. The van der Waals surface area contributed by atoms with Gasteiger partial charge in [0.15, 0.2) is 5.13 Å². The van der Waals surface area contributed by atoms with Gasteiger partial charge in [-0.2, -0.15) is 18.3 Å². The van der Waals surface area contributed by atoms with Crippen molar-refractivity contribution in [1.82, 2.24) is 10.4 Å². The van der Waals surface area contributed by atoms with Gasteiger partial charge in [-0.15, -0.1) is 11.3 Å². The number of rotatable bonds is 10. The number of amides is 1. The molecular formula is C26H19ClF3N5O4S. The zero-order valence-corrected chi connectivity index (χ0v) is 21.9. The first kappa shape index (κ1) is 28.5. The third-order valence-electron chi connectivity index (χ3n) is 5.23. The molecule has 0 fully saturated rings. The number of nitrogens with one attached hydrogen (secondary N) is 2. The van der Waals surface area contributed by atoms with E-state index in [1.54, 1.807) is 35.7 Å². The number of non-ortho nitro benzene ring substituents is 1. The van der Waals surface area contributed by atoms with Gasteiger partial charge in [-0.05, 0) is 59.7 Å². The van der Waals surface area contributed by atoms with Crippen molar-refractivity contribution >= 4 is 51.6 Å². The predicted octanol–water partition coefficient (Wildman–Crippen LogP) is 6.74. The van der Waals surface area contributed by atoms with Crippen LogP contribution in [0.25, 0.3) is 0 Å². The minimum atomic E-state index is -4.46. The van der Waals surface area contributed by atoms with Gasteiger partial charge in [0.2, 0.25) is 5.91 Å². The number of benzene rings is 3. The maximum Gasteiger partial charge on any atom is 0.416 e. The Morgan fingerprint density at radius 2 is 1.93 bits per heavy atom. The summed E-state index contributed by atoms with van der Waals surface area (Å²) in [5.41, 5.74) is 3.56. The van der Waals surface area contributed by atoms with E-state index < -0.39 is 22.6 Å². The Balaban J connectivity index is 1.26. The molecule has 1 amide bonds. The summed E-state index contributed by atoms with van der Waals surface area (Å²) in [6, 6.07) is 15.6. The Hall–Kier alpha value is -4.49. The lowest BCUT2D eigenvalue weighted by atomic mass is 10.2. The molecule has 0 aliphatic rings. The lowest BCUT2D eigenvalue weighted by Crippen LogP contribution is -2.19. The molecule has 0 saturated heterocycles. The molecule has 3 aromatic carbocycles. The number of hydrazone groups is 1. The smallest absolute Gasteiger partial charge is 0.416 e. The molecule has 0 saturated carbocycles. The number of thiazole rings is 1. The summed E-state index contributed by atoms with van der Waals surface area (Å²) in [6.07, 6.45) is -3.15. The first-order valence-corrected chi connectivity index (χ1v) is 12.7. The molecule has 0 bridgehead atoms. The molecule has 2 N–H and O–H groups in total. The molecule has 4 aromatic rings. The van der Waals surface area contributed by atoms with Crippen molar-refractivity contribution in [3.63, 3.8) is 0 Å². The summed E-state index contributed by atoms with van der Waals surface area (Å²) >= 11 is 7.42. The normalized spacial score (nSPS) is 11.4. The molecule has 9 nitrogen and oxygen atoms in total. The Labute approximate surface area is 234 Å². The second-order valence-electron chi connectivity index (χ2n) is 8.22. The van der Waals surface area contributed by atoms with Gasteiger partial charge >= 0.3 is 6.18 Å². The maximum atomic E-state index is 12.9. The summed E-state index contributed by atoms with van der Waals surface area (Å²) in [6.45, 7) is 0.162. The molecular weight excluding hydrogens is 571 g/mol. The van der Waals surface area contributed by atoms with E-state index in [2.05, 4.69) is 20.8 Å². The van der Waals surface area contributed by atoms with Gasteiger partial charge in [0.05, 0.1) is 33.8 Å². The number of hydrogen-bond acceptors (Lipinski definition) is 8. The zero-order valence-electron chi connectivity index (χ0n) is 20.3. The lowest BCUT2D eigenvalue weighted by molar-refractivity contribution is -0.384. The minimum absolute atomic E-state index is 0.0140. The van der Waals surface area contributed by atoms with Gasteiger partial charge in [-0.25, -0.2) is 10.4 Å². The van der Waals surface area contributed by atoms with Crippen molar-refractivity contribution in [2.75, 3.05) is 5.32 Å². The van der Waals surface area contributed by atoms with E-state index in [0.29, 0.717) is 27.2 Å². The van der Waals surface area contributed by atoms with E-state index in [4.69, 9.17) is 16.3 Å². The second kappa shape index (κ2) is 12.6. The van der Waals surface area contributed by atoms with E-state index >= 15 is 0 Å². The zero-order chi connectivity index (χ0) is 28.7. The third-order valence-corrected chi connectivity index (χ3v) is 6.34. The van der Waals surface area contributed by atoms with Gasteiger partial charge in [0.25, 0.3) is 5.69 Å². The topological polar surface area (TPSA) is 119 Å². The van der Waals surface area contributed by atoms with Crippen molar-refractivity contribution in [2.24, 2.45) is 5.10 Å². The van der Waals surface area contributed by atoms with Gasteiger partial charge in [-0.3, -0.25) is 14.9 Å². The molecule has 0 aliphatic heterocycles. The molecule has 40 heavy (non-hydrogen) atoms. The SMILES string of the molecule is O=C(Cc1csc(Nc2cccc(C(F)(F)F)c2)n1)N/N=C\c1ccc(OCc2ccc([N+](=O)[O-])cc2)c(Cl)c1. The third kappa shape index (κ3) is 8.01. The number of nitro benzene ring substituents is 1. The summed E-state index contributed by atoms with van der Waals surface area (Å²) in [4.78, 5) is 26.7. The molecule has 4 rings (SSSR count). The first-order valence-electron chi connectivity index (χ1n) is 11.4. The van der Waals surface area contributed by atoms with E-state index in [1.807, 2.05) is 0 Å². The highest BCUT2D eigenvalue weighted by Crippen LogP contribution is 2.32. The van der Waals surface area contributed by atoms with Gasteiger partial charge in [0.1, 0.15) is 12.4 Å². The number of hydrogen-bond donors (Lipinski definition) is 2. The average molecular weight is 590 g/mol. The molecule has 14 heteroatoms. The highest BCUT2D eigenvalue weighted by atomic mass is 35.5. The van der Waals surface area contributed by atoms with Crippen LogP contribution in [0.15, 0.2) is 77.2 Å². The highest BCUT2D eigenvalue weighted by molar-refractivity contribution is 7.13. The van der Waals surface area contributed by atoms with Crippen molar-refractivity contribution in [1.29, 1.82) is 0 Å². The standard InChI is InChI=1S/C26H19ClF3N5O4S/c27-22-10-17(6-9-23(22)39-14-16-4-7-21(8-5-16)35(37)38)13-31-34-24(36)12-20-15-40-25(33-20)32-19-3-1-2-18(11-19)26(28,29)30/h1-11,13,15H,12,14H2,(H,32,33)(H,34,36)/b31-13-. The van der Waals surface area contributed by atoms with E-state index in [0.717, 1.165) is 29.0 Å². The first-order chi connectivity index (χ1) is 19.1. The fourth-order valence-corrected chi connectivity index (χ4v) is 4.29. The van der Waals surface area contributed by atoms with Crippen molar-refractivity contribution in [3.05, 3.63) is 110 Å². The molecule has 0 unspecified atom stereocenters. The summed E-state index contributed by atoms with van der Waals surface area (Å²) in [5, 5.41) is 19.7. The Morgan fingerprint density at radius 1 is 1.15 bits per heavy atom. The van der Waals surface area contributed by atoms with Crippen LogP contribution in [0.1, 0.15) is 22.4 Å². The Kier molecular flexibility index (Phi) is 8.97. The number of alkyl halides is 3. The molecule has 0 spiro atoms. The number of halogens is 4. The van der Waals surface area contributed by atoms with Crippen LogP contribution < -0.4 is 15.5 Å². The number of ether oxygens (including phenoxy) is 1. The van der Waals surface area contributed by atoms with Crippen LogP contribution in [0.5, 0.6) is 5.75 Å². The van der Waals surface area contributed by atoms with E-state index in [-0.39, 0.29) is 24.4 Å². The van der Waals surface area contributed by atoms with Crippen LogP contribution in [-0.4, -0.2) is 22.0 Å². The van der Waals surface area contributed by atoms with Gasteiger partial charge in [-0.1, -0.05) is 17.7 Å². The molecule has 206 valence electrons. The Bertz CT molecular complexity index is 1540. The monoisotopic (exact) mass is 589 g/mol. The van der Waals surface area contributed by atoms with E-state index in [9.17, 15) is 28.1 Å². The fraction of sp³-hybridized carbons (Fsp3) is 0.115. The fourth-order valence-electron chi connectivity index (χ4n) is 3.31. The van der Waals surface area contributed by atoms with Gasteiger partial charge in [0, 0.05) is 23.2 Å². The van der Waals surface area contributed by atoms with Crippen molar-refractivity contribution in [2.45, 2.75) is 19.2 Å².